The SMILES string of the molecule is COc1ccc([C@H]2C(=O)c3cc(OC)c(OC)cc3[C@H]2c2ccccc2)cc1OC. The summed E-state index contributed by atoms with van der Waals surface area (Å²) in [7, 11) is 6.37. The molecule has 0 amide bonds. The van der Waals surface area contributed by atoms with Crippen LogP contribution in [0.3, 0.4) is 0 Å². The van der Waals surface area contributed by atoms with Crippen LogP contribution in [0, 0.1) is 0 Å². The van der Waals surface area contributed by atoms with E-state index < -0.39 is 0 Å². The van der Waals surface area contributed by atoms with Crippen LogP contribution in [0.1, 0.15) is 38.9 Å². The predicted molar refractivity (Wildman–Crippen MR) is 114 cm³/mol. The lowest BCUT2D eigenvalue weighted by molar-refractivity contribution is 0.0968. The van der Waals surface area contributed by atoms with E-state index in [1.54, 1.807) is 34.5 Å². The summed E-state index contributed by atoms with van der Waals surface area (Å²) in [5, 5.41) is 0. The van der Waals surface area contributed by atoms with Crippen molar-refractivity contribution in [1.82, 2.24) is 0 Å². The van der Waals surface area contributed by atoms with Gasteiger partial charge in [-0.05, 0) is 41.0 Å². The van der Waals surface area contributed by atoms with Gasteiger partial charge >= 0.3 is 0 Å². The Morgan fingerprint density at radius 3 is 1.83 bits per heavy atom. The quantitative estimate of drug-likeness (QED) is 0.589. The standard InChI is InChI=1S/C25H24O5/c1-27-19-11-10-16(12-20(19)28-2)24-23(15-8-6-5-7-9-15)17-13-21(29-3)22(30-4)14-18(17)25(24)26/h5-14,23-24H,1-4H3/t23-,24-/m1/s1. The topological polar surface area (TPSA) is 54.0 Å². The second-order valence-corrected chi connectivity index (χ2v) is 7.14. The Hall–Kier alpha value is -3.47. The van der Waals surface area contributed by atoms with Gasteiger partial charge in [-0.25, -0.2) is 0 Å². The summed E-state index contributed by atoms with van der Waals surface area (Å²) in [5.41, 5.74) is 3.53. The van der Waals surface area contributed by atoms with Crippen molar-refractivity contribution in [2.75, 3.05) is 28.4 Å². The zero-order valence-corrected chi connectivity index (χ0v) is 17.5. The van der Waals surface area contributed by atoms with Gasteiger partial charge < -0.3 is 18.9 Å². The fraction of sp³-hybridized carbons (Fsp3) is 0.240. The Balaban J connectivity index is 1.92. The molecule has 0 aliphatic heterocycles. The third kappa shape index (κ3) is 3.16. The van der Waals surface area contributed by atoms with Crippen LogP contribution in [-0.2, 0) is 0 Å². The lowest BCUT2D eigenvalue weighted by atomic mass is 9.81. The number of methoxy groups -OCH3 is 4. The van der Waals surface area contributed by atoms with Gasteiger partial charge in [-0.3, -0.25) is 4.79 Å². The fourth-order valence-corrected chi connectivity index (χ4v) is 4.29. The molecule has 0 unspecified atom stereocenters. The minimum atomic E-state index is -0.390. The molecule has 154 valence electrons. The second kappa shape index (κ2) is 8.11. The number of fused-ring (bicyclic) bond motifs is 1. The molecular weight excluding hydrogens is 380 g/mol. The van der Waals surface area contributed by atoms with Gasteiger partial charge in [0.15, 0.2) is 28.8 Å². The van der Waals surface area contributed by atoms with Gasteiger partial charge in [0, 0.05) is 11.5 Å². The number of benzene rings is 3. The molecule has 5 nitrogen and oxygen atoms in total. The zero-order valence-electron chi connectivity index (χ0n) is 17.5. The highest BCUT2D eigenvalue weighted by molar-refractivity contribution is 6.07. The highest BCUT2D eigenvalue weighted by atomic mass is 16.5. The van der Waals surface area contributed by atoms with Crippen molar-refractivity contribution in [2.45, 2.75) is 11.8 Å². The summed E-state index contributed by atoms with van der Waals surface area (Å²) in [6, 6.07) is 19.4. The van der Waals surface area contributed by atoms with E-state index in [0.29, 0.717) is 28.6 Å². The molecule has 0 saturated heterocycles. The maximum atomic E-state index is 13.6. The highest BCUT2D eigenvalue weighted by Crippen LogP contribution is 2.51. The van der Waals surface area contributed by atoms with Crippen LogP contribution in [0.4, 0.5) is 0 Å². The molecular formula is C25H24O5. The van der Waals surface area contributed by atoms with Crippen LogP contribution in [0.2, 0.25) is 0 Å². The van der Waals surface area contributed by atoms with Crippen molar-refractivity contribution in [1.29, 1.82) is 0 Å². The molecule has 4 rings (SSSR count). The molecule has 0 fully saturated rings. The maximum Gasteiger partial charge on any atom is 0.171 e. The summed E-state index contributed by atoms with van der Waals surface area (Å²) in [5.74, 6) is 1.89. The maximum absolute atomic E-state index is 13.6. The van der Waals surface area contributed by atoms with E-state index in [9.17, 15) is 4.79 Å². The van der Waals surface area contributed by atoms with Gasteiger partial charge in [-0.15, -0.1) is 0 Å². The zero-order chi connectivity index (χ0) is 21.3. The number of ether oxygens (including phenoxy) is 4. The predicted octanol–water partition coefficient (Wildman–Crippen LogP) is 4.83. The van der Waals surface area contributed by atoms with Crippen LogP contribution in [-0.4, -0.2) is 34.2 Å². The average molecular weight is 404 g/mol. The number of rotatable bonds is 6. The van der Waals surface area contributed by atoms with Crippen molar-refractivity contribution < 1.29 is 23.7 Å². The molecule has 3 aromatic carbocycles. The van der Waals surface area contributed by atoms with E-state index in [1.807, 2.05) is 42.5 Å². The first-order valence-corrected chi connectivity index (χ1v) is 9.70. The van der Waals surface area contributed by atoms with Gasteiger partial charge in [0.05, 0.1) is 34.4 Å². The molecule has 1 aliphatic carbocycles. The smallest absolute Gasteiger partial charge is 0.171 e. The highest BCUT2D eigenvalue weighted by Gasteiger charge is 2.42. The van der Waals surface area contributed by atoms with Crippen LogP contribution < -0.4 is 18.9 Å². The molecule has 0 N–H and O–H groups in total. The largest absolute Gasteiger partial charge is 0.493 e. The van der Waals surface area contributed by atoms with Crippen molar-refractivity contribution in [2.24, 2.45) is 0 Å². The van der Waals surface area contributed by atoms with E-state index in [2.05, 4.69) is 12.1 Å². The Labute approximate surface area is 176 Å². The Bertz CT molecular complexity index is 1070. The lowest BCUT2D eigenvalue weighted by Gasteiger charge is -2.21. The first-order valence-electron chi connectivity index (χ1n) is 9.70. The molecule has 0 bridgehead atoms. The van der Waals surface area contributed by atoms with Crippen molar-refractivity contribution in [3.63, 3.8) is 0 Å². The van der Waals surface area contributed by atoms with E-state index in [1.165, 1.54) is 0 Å². The number of carbonyl (C=O) groups excluding carboxylic acids is 1. The molecule has 1 aliphatic rings. The van der Waals surface area contributed by atoms with Crippen LogP contribution in [0.5, 0.6) is 23.0 Å². The number of ketones is 1. The van der Waals surface area contributed by atoms with Gasteiger partial charge in [-0.2, -0.15) is 0 Å². The lowest BCUT2D eigenvalue weighted by Crippen LogP contribution is -2.13. The number of carbonyl (C=O) groups is 1. The van der Waals surface area contributed by atoms with Crippen LogP contribution >= 0.6 is 0 Å². The third-order valence-corrected chi connectivity index (χ3v) is 5.70. The molecule has 5 heteroatoms. The average Bonchev–Trinajstić information content (AvgIpc) is 3.09. The summed E-state index contributed by atoms with van der Waals surface area (Å²) in [6.07, 6.45) is 0. The van der Waals surface area contributed by atoms with Crippen LogP contribution in [0.25, 0.3) is 0 Å². The van der Waals surface area contributed by atoms with Gasteiger partial charge in [0.25, 0.3) is 0 Å². The molecule has 0 spiro atoms. The molecule has 0 saturated carbocycles. The monoisotopic (exact) mass is 404 g/mol. The fourth-order valence-electron chi connectivity index (χ4n) is 4.29. The van der Waals surface area contributed by atoms with E-state index >= 15 is 0 Å². The minimum Gasteiger partial charge on any atom is -0.493 e. The first kappa shape index (κ1) is 19.8. The Morgan fingerprint density at radius 1 is 0.600 bits per heavy atom. The Kier molecular flexibility index (Phi) is 5.36. The molecule has 0 heterocycles. The Morgan fingerprint density at radius 2 is 1.20 bits per heavy atom. The van der Waals surface area contributed by atoms with Crippen molar-refractivity contribution >= 4 is 5.78 Å². The summed E-state index contributed by atoms with van der Waals surface area (Å²) in [4.78, 5) is 13.6. The van der Waals surface area contributed by atoms with Crippen molar-refractivity contribution in [3.05, 3.63) is 82.9 Å². The third-order valence-electron chi connectivity index (χ3n) is 5.70. The molecule has 2 atom stereocenters. The normalized spacial score (nSPS) is 17.4. The van der Waals surface area contributed by atoms with E-state index in [4.69, 9.17) is 18.9 Å². The van der Waals surface area contributed by atoms with Gasteiger partial charge in [0.1, 0.15) is 0 Å². The summed E-state index contributed by atoms with van der Waals surface area (Å²) < 4.78 is 21.8. The van der Waals surface area contributed by atoms with Crippen LogP contribution in [0.15, 0.2) is 60.7 Å². The van der Waals surface area contributed by atoms with Crippen molar-refractivity contribution in [3.8, 4) is 23.0 Å². The number of hydrogen-bond acceptors (Lipinski definition) is 5. The minimum absolute atomic E-state index is 0.0482. The van der Waals surface area contributed by atoms with E-state index in [0.717, 1.165) is 16.7 Å². The van der Waals surface area contributed by atoms with E-state index in [-0.39, 0.29) is 17.6 Å². The number of hydrogen-bond donors (Lipinski definition) is 0. The number of Topliss-reactive ketones (excluding diaryl/α,β-unsaturated/α-hetero) is 1. The first-order chi connectivity index (χ1) is 14.6. The van der Waals surface area contributed by atoms with Gasteiger partial charge in [-0.1, -0.05) is 36.4 Å². The summed E-state index contributed by atoms with van der Waals surface area (Å²) in [6.45, 7) is 0. The molecule has 0 aromatic heterocycles. The molecule has 0 radical (unpaired) electrons. The van der Waals surface area contributed by atoms with Gasteiger partial charge in [0.2, 0.25) is 0 Å². The molecule has 30 heavy (non-hydrogen) atoms. The second-order valence-electron chi connectivity index (χ2n) is 7.14. The summed E-state index contributed by atoms with van der Waals surface area (Å²) >= 11 is 0. The molecule has 3 aromatic rings.